The molecule has 0 unspecified atom stereocenters. The van der Waals surface area contributed by atoms with Gasteiger partial charge in [0.1, 0.15) is 79.0 Å². The second-order valence-corrected chi connectivity index (χ2v) is 10.2. The SMILES string of the molecule is O=[N+]([O-])c1ccc(O[C@@H]2O[C@H](CO[C@H]3O[C@H](CO)[C@@H](O)[C@H](O)[C@@H]3O)[C@@H](O)[C@H](O[C@H]3O[C@H](CO)[C@@H](O)[C@H](O)[C@@H]3O)[C@@H]2O)cc1. The second kappa shape index (κ2) is 14.3. The summed E-state index contributed by atoms with van der Waals surface area (Å²) < 4.78 is 32.9. The summed E-state index contributed by atoms with van der Waals surface area (Å²) in [4.78, 5) is 10.3. The summed E-state index contributed by atoms with van der Waals surface area (Å²) in [5.41, 5.74) is -0.262. The number of rotatable bonds is 10. The average molecular weight is 626 g/mol. The van der Waals surface area contributed by atoms with Crippen LogP contribution in [0.4, 0.5) is 5.69 Å². The smallest absolute Gasteiger partial charge is 0.269 e. The van der Waals surface area contributed by atoms with Gasteiger partial charge in [-0.25, -0.2) is 0 Å². The molecule has 0 amide bonds. The topological polar surface area (TPSA) is 301 Å². The number of non-ortho nitro benzene ring substituents is 1. The zero-order valence-corrected chi connectivity index (χ0v) is 22.3. The van der Waals surface area contributed by atoms with E-state index in [2.05, 4.69) is 0 Å². The third-order valence-corrected chi connectivity index (χ3v) is 7.35. The molecule has 0 aromatic heterocycles. The summed E-state index contributed by atoms with van der Waals surface area (Å²) in [6, 6.07) is 4.63. The molecule has 4 rings (SSSR count). The summed E-state index contributed by atoms with van der Waals surface area (Å²) in [5.74, 6) is -0.0220. The van der Waals surface area contributed by atoms with Crippen molar-refractivity contribution < 1.29 is 84.4 Å². The van der Waals surface area contributed by atoms with Crippen molar-refractivity contribution in [3.05, 3.63) is 34.4 Å². The van der Waals surface area contributed by atoms with E-state index in [0.29, 0.717) is 0 Å². The zero-order chi connectivity index (χ0) is 31.6. The van der Waals surface area contributed by atoms with Crippen molar-refractivity contribution in [3.8, 4) is 5.75 Å². The lowest BCUT2D eigenvalue weighted by molar-refractivity contribution is -0.384. The molecule has 244 valence electrons. The molecule has 0 spiro atoms. The molecule has 3 aliphatic heterocycles. The Morgan fingerprint density at radius 1 is 0.651 bits per heavy atom. The number of hydrogen-bond acceptors (Lipinski definition) is 18. The van der Waals surface area contributed by atoms with Gasteiger partial charge in [0, 0.05) is 12.1 Å². The van der Waals surface area contributed by atoms with E-state index in [1.807, 2.05) is 0 Å². The van der Waals surface area contributed by atoms with Gasteiger partial charge < -0.3 is 79.5 Å². The average Bonchev–Trinajstić information content (AvgIpc) is 2.99. The second-order valence-electron chi connectivity index (χ2n) is 10.2. The number of ether oxygens (including phenoxy) is 6. The maximum atomic E-state index is 11.1. The first-order valence-electron chi connectivity index (χ1n) is 13.2. The first-order valence-corrected chi connectivity index (χ1v) is 13.2. The molecule has 0 bridgehead atoms. The van der Waals surface area contributed by atoms with Gasteiger partial charge in [-0.15, -0.1) is 0 Å². The van der Waals surface area contributed by atoms with Crippen LogP contribution < -0.4 is 4.74 Å². The maximum absolute atomic E-state index is 11.1. The molecule has 10 N–H and O–H groups in total. The Hall–Kier alpha value is -2.18. The van der Waals surface area contributed by atoms with E-state index in [1.54, 1.807) is 0 Å². The summed E-state index contributed by atoms with van der Waals surface area (Å²) in [5, 5.41) is 113. The van der Waals surface area contributed by atoms with Crippen LogP contribution >= 0.6 is 0 Å². The number of hydrogen-bond donors (Lipinski definition) is 10. The first kappa shape index (κ1) is 33.7. The van der Waals surface area contributed by atoms with E-state index in [-0.39, 0.29) is 11.4 Å². The van der Waals surface area contributed by atoms with E-state index in [0.717, 1.165) is 12.1 Å². The van der Waals surface area contributed by atoms with Crippen molar-refractivity contribution in [1.29, 1.82) is 0 Å². The molecule has 0 radical (unpaired) electrons. The number of nitro benzene ring substituents is 1. The van der Waals surface area contributed by atoms with E-state index in [1.165, 1.54) is 12.1 Å². The molecule has 19 heteroatoms. The third-order valence-electron chi connectivity index (χ3n) is 7.35. The highest BCUT2D eigenvalue weighted by molar-refractivity contribution is 5.36. The number of nitro groups is 1. The van der Waals surface area contributed by atoms with Crippen LogP contribution in [0.15, 0.2) is 24.3 Å². The molecule has 3 heterocycles. The molecule has 3 aliphatic rings. The maximum Gasteiger partial charge on any atom is 0.269 e. The molecule has 1 aromatic carbocycles. The number of benzene rings is 1. The molecule has 1 aromatic rings. The van der Waals surface area contributed by atoms with Crippen LogP contribution in [0, 0.1) is 10.1 Å². The van der Waals surface area contributed by atoms with Crippen LogP contribution in [0.1, 0.15) is 0 Å². The fraction of sp³-hybridized carbons (Fsp3) is 0.750. The van der Waals surface area contributed by atoms with Gasteiger partial charge in [-0.2, -0.15) is 0 Å². The number of aliphatic hydroxyl groups is 10. The monoisotopic (exact) mass is 625 g/mol. The largest absolute Gasteiger partial charge is 0.462 e. The normalized spacial score (nSPS) is 43.7. The van der Waals surface area contributed by atoms with Gasteiger partial charge in [-0.05, 0) is 12.1 Å². The van der Waals surface area contributed by atoms with Crippen molar-refractivity contribution >= 4 is 5.69 Å². The fourth-order valence-corrected chi connectivity index (χ4v) is 4.81. The van der Waals surface area contributed by atoms with Crippen LogP contribution in [0.3, 0.4) is 0 Å². The molecule has 0 saturated carbocycles. The van der Waals surface area contributed by atoms with E-state index >= 15 is 0 Å². The van der Waals surface area contributed by atoms with Crippen LogP contribution in [-0.4, -0.2) is 168 Å². The number of aliphatic hydroxyl groups excluding tert-OH is 10. The van der Waals surface area contributed by atoms with Crippen molar-refractivity contribution in [3.63, 3.8) is 0 Å². The van der Waals surface area contributed by atoms with E-state index in [4.69, 9.17) is 28.4 Å². The van der Waals surface area contributed by atoms with Gasteiger partial charge in [-0.1, -0.05) is 0 Å². The Bertz CT molecular complexity index is 1050. The van der Waals surface area contributed by atoms with Gasteiger partial charge in [0.25, 0.3) is 5.69 Å². The Morgan fingerprint density at radius 2 is 1.16 bits per heavy atom. The Balaban J connectivity index is 1.54. The van der Waals surface area contributed by atoms with Gasteiger partial charge in [0.2, 0.25) is 6.29 Å². The minimum atomic E-state index is -1.90. The molecule has 43 heavy (non-hydrogen) atoms. The molecular formula is C24H35NO18. The molecule has 3 saturated heterocycles. The van der Waals surface area contributed by atoms with Crippen LogP contribution in [0.25, 0.3) is 0 Å². The Labute approximate surface area is 242 Å². The van der Waals surface area contributed by atoms with Gasteiger partial charge >= 0.3 is 0 Å². The summed E-state index contributed by atoms with van der Waals surface area (Å²) >= 11 is 0. The lowest BCUT2D eigenvalue weighted by Gasteiger charge is -2.46. The predicted octanol–water partition coefficient (Wildman–Crippen LogP) is -5.58. The first-order chi connectivity index (χ1) is 20.4. The minimum absolute atomic E-state index is 0.0220. The zero-order valence-electron chi connectivity index (χ0n) is 22.3. The van der Waals surface area contributed by atoms with Crippen molar-refractivity contribution in [2.45, 2.75) is 92.1 Å². The standard InChI is InChI=1S/C24H35NO18/c26-5-10-13(28)16(31)18(33)22(40-10)38-7-12-15(30)21(43-23-19(34)17(32)14(29)11(6-27)41-23)20(35)24(42-12)39-9-3-1-8(2-4-9)25(36)37/h1-4,10-24,26-35H,5-7H2/t10-,11-,12-,13-,14-,15-,16+,17+,18+,19+,20+,21+,22+,23-,24-/m1/s1. The Morgan fingerprint density at radius 3 is 1.70 bits per heavy atom. The minimum Gasteiger partial charge on any atom is -0.462 e. The predicted molar refractivity (Wildman–Crippen MR) is 133 cm³/mol. The van der Waals surface area contributed by atoms with E-state index in [9.17, 15) is 61.2 Å². The highest BCUT2D eigenvalue weighted by Crippen LogP contribution is 2.32. The molecule has 0 aliphatic carbocycles. The fourth-order valence-electron chi connectivity index (χ4n) is 4.81. The van der Waals surface area contributed by atoms with Gasteiger partial charge in [-0.3, -0.25) is 10.1 Å². The molecule has 3 fully saturated rings. The van der Waals surface area contributed by atoms with Gasteiger partial charge in [0.05, 0.1) is 24.7 Å². The number of nitrogens with zero attached hydrogens (tertiary/aromatic N) is 1. The summed E-state index contributed by atoms with van der Waals surface area (Å²) in [6.07, 6.45) is -25.4. The van der Waals surface area contributed by atoms with E-state index < -0.39 is 117 Å². The lowest BCUT2D eigenvalue weighted by Crippen LogP contribution is -2.65. The third kappa shape index (κ3) is 7.22. The van der Waals surface area contributed by atoms with Crippen LogP contribution in [-0.2, 0) is 23.7 Å². The lowest BCUT2D eigenvalue weighted by atomic mass is 9.96. The van der Waals surface area contributed by atoms with Gasteiger partial charge in [0.15, 0.2) is 12.6 Å². The van der Waals surface area contributed by atoms with Crippen molar-refractivity contribution in [1.82, 2.24) is 0 Å². The van der Waals surface area contributed by atoms with Crippen molar-refractivity contribution in [2.75, 3.05) is 19.8 Å². The quantitative estimate of drug-likeness (QED) is 0.0856. The highest BCUT2D eigenvalue weighted by atomic mass is 16.7. The molecule has 19 nitrogen and oxygen atoms in total. The molecule has 15 atom stereocenters. The highest BCUT2D eigenvalue weighted by Gasteiger charge is 2.52. The summed E-state index contributed by atoms with van der Waals surface area (Å²) in [7, 11) is 0. The van der Waals surface area contributed by atoms with Crippen molar-refractivity contribution in [2.24, 2.45) is 0 Å². The molecular weight excluding hydrogens is 590 g/mol. The Kier molecular flexibility index (Phi) is 11.2. The summed E-state index contributed by atoms with van der Waals surface area (Å²) in [6.45, 7) is -2.17. The van der Waals surface area contributed by atoms with Crippen LogP contribution in [0.2, 0.25) is 0 Å². The van der Waals surface area contributed by atoms with Crippen LogP contribution in [0.5, 0.6) is 5.75 Å².